The smallest absolute Gasteiger partial charge is 0.144 e. The Kier molecular flexibility index (Phi) is 5.11. The van der Waals surface area contributed by atoms with Crippen LogP contribution in [0.2, 0.25) is 15.1 Å². The monoisotopic (exact) mass is 334 g/mol. The number of benzene rings is 2. The molecular formula is C14H10Cl3FO2. The number of aliphatic hydroxyl groups excluding tert-OH is 1. The van der Waals surface area contributed by atoms with Crippen molar-refractivity contribution >= 4 is 34.8 Å². The maximum Gasteiger partial charge on any atom is 0.144 e. The van der Waals surface area contributed by atoms with Crippen molar-refractivity contribution in [2.45, 2.75) is 13.2 Å². The van der Waals surface area contributed by atoms with Crippen molar-refractivity contribution in [3.05, 3.63) is 62.3 Å². The van der Waals surface area contributed by atoms with Crippen molar-refractivity contribution in [3.63, 3.8) is 0 Å². The average Bonchev–Trinajstić information content (AvgIpc) is 2.40. The number of ether oxygens (including phenoxy) is 1. The molecule has 0 saturated carbocycles. The molecule has 6 heteroatoms. The van der Waals surface area contributed by atoms with E-state index in [9.17, 15) is 9.50 Å². The Morgan fingerprint density at radius 3 is 2.45 bits per heavy atom. The first kappa shape index (κ1) is 15.4. The zero-order valence-corrected chi connectivity index (χ0v) is 12.4. The minimum atomic E-state index is -0.516. The molecule has 2 rings (SSSR count). The molecule has 0 unspecified atom stereocenters. The van der Waals surface area contributed by atoms with Crippen LogP contribution in [0.4, 0.5) is 4.39 Å². The van der Waals surface area contributed by atoms with Gasteiger partial charge in [-0.25, -0.2) is 4.39 Å². The molecular weight excluding hydrogens is 326 g/mol. The molecule has 0 fully saturated rings. The lowest BCUT2D eigenvalue weighted by molar-refractivity contribution is 0.259. The number of aliphatic hydroxyl groups is 1. The van der Waals surface area contributed by atoms with Crippen molar-refractivity contribution in [2.75, 3.05) is 0 Å². The van der Waals surface area contributed by atoms with Crippen LogP contribution in [0.15, 0.2) is 30.3 Å². The zero-order chi connectivity index (χ0) is 14.7. The van der Waals surface area contributed by atoms with E-state index in [1.54, 1.807) is 12.1 Å². The highest BCUT2D eigenvalue weighted by molar-refractivity contribution is 6.35. The first-order valence-electron chi connectivity index (χ1n) is 5.66. The summed E-state index contributed by atoms with van der Waals surface area (Å²) in [6.45, 7) is -0.160. The Hall–Kier alpha value is -1.00. The van der Waals surface area contributed by atoms with Crippen molar-refractivity contribution in [3.8, 4) is 5.75 Å². The Bertz CT molecular complexity index is 632. The molecule has 0 radical (unpaired) electrons. The molecule has 0 aliphatic carbocycles. The van der Waals surface area contributed by atoms with Gasteiger partial charge < -0.3 is 9.84 Å². The molecule has 0 atom stereocenters. The molecule has 0 aromatic heterocycles. The Morgan fingerprint density at radius 2 is 1.80 bits per heavy atom. The molecule has 1 N–H and O–H groups in total. The van der Waals surface area contributed by atoms with E-state index >= 15 is 0 Å². The van der Waals surface area contributed by atoms with Gasteiger partial charge in [0.1, 0.15) is 18.2 Å². The van der Waals surface area contributed by atoms with Crippen LogP contribution in [-0.2, 0) is 13.2 Å². The summed E-state index contributed by atoms with van der Waals surface area (Å²) in [5.74, 6) is -0.189. The summed E-state index contributed by atoms with van der Waals surface area (Å²) in [5.41, 5.74) is 1.07. The molecule has 0 aliphatic rings. The number of rotatable bonds is 4. The van der Waals surface area contributed by atoms with Gasteiger partial charge in [-0.1, -0.05) is 40.9 Å². The quantitative estimate of drug-likeness (QED) is 0.865. The van der Waals surface area contributed by atoms with Crippen LogP contribution < -0.4 is 4.74 Å². The first-order chi connectivity index (χ1) is 9.51. The second-order valence-electron chi connectivity index (χ2n) is 4.07. The van der Waals surface area contributed by atoms with Gasteiger partial charge >= 0.3 is 0 Å². The third kappa shape index (κ3) is 3.55. The molecule has 0 heterocycles. The van der Waals surface area contributed by atoms with Gasteiger partial charge in [-0.05, 0) is 29.8 Å². The van der Waals surface area contributed by atoms with Crippen molar-refractivity contribution in [1.82, 2.24) is 0 Å². The summed E-state index contributed by atoms with van der Waals surface area (Å²) in [6.07, 6.45) is 0. The topological polar surface area (TPSA) is 29.5 Å². The second-order valence-corrected chi connectivity index (χ2v) is 5.32. The molecule has 0 saturated heterocycles. The van der Waals surface area contributed by atoms with Gasteiger partial charge in [0, 0.05) is 10.6 Å². The van der Waals surface area contributed by atoms with Crippen LogP contribution in [0, 0.1) is 5.82 Å². The molecule has 0 spiro atoms. The van der Waals surface area contributed by atoms with Gasteiger partial charge in [-0.15, -0.1) is 0 Å². The summed E-state index contributed by atoms with van der Waals surface area (Å²) >= 11 is 17.5. The van der Waals surface area contributed by atoms with Crippen LogP contribution in [0.25, 0.3) is 0 Å². The Morgan fingerprint density at radius 1 is 1.05 bits per heavy atom. The average molecular weight is 336 g/mol. The number of hydrogen-bond donors (Lipinski definition) is 1. The number of halogens is 4. The van der Waals surface area contributed by atoms with E-state index in [2.05, 4.69) is 0 Å². The van der Waals surface area contributed by atoms with E-state index in [4.69, 9.17) is 39.5 Å². The fourth-order valence-corrected chi connectivity index (χ4v) is 2.39. The molecule has 2 aromatic carbocycles. The Balaban J connectivity index is 2.20. The fraction of sp³-hybridized carbons (Fsp3) is 0.143. The molecule has 0 aliphatic heterocycles. The summed E-state index contributed by atoms with van der Waals surface area (Å²) in [7, 11) is 0. The molecule has 20 heavy (non-hydrogen) atoms. The molecule has 0 bridgehead atoms. The van der Waals surface area contributed by atoms with E-state index in [0.29, 0.717) is 21.9 Å². The van der Waals surface area contributed by atoms with Crippen molar-refractivity contribution in [2.24, 2.45) is 0 Å². The predicted octanol–water partition coefficient (Wildman–Crippen LogP) is 4.86. The van der Waals surface area contributed by atoms with Crippen LogP contribution >= 0.6 is 34.8 Å². The van der Waals surface area contributed by atoms with E-state index in [0.717, 1.165) is 0 Å². The zero-order valence-electron chi connectivity index (χ0n) is 10.2. The van der Waals surface area contributed by atoms with Crippen molar-refractivity contribution in [1.29, 1.82) is 0 Å². The third-order valence-electron chi connectivity index (χ3n) is 2.62. The van der Waals surface area contributed by atoms with E-state index in [1.165, 1.54) is 18.2 Å². The minimum Gasteiger partial charge on any atom is -0.487 e. The summed E-state index contributed by atoms with van der Waals surface area (Å²) in [4.78, 5) is 0. The highest BCUT2D eigenvalue weighted by Gasteiger charge is 2.11. The molecule has 106 valence electrons. The van der Waals surface area contributed by atoms with Gasteiger partial charge in [-0.3, -0.25) is 0 Å². The SMILES string of the molecule is OCc1cc(Cl)cc(Cl)c1OCc1ccc(Cl)c(F)c1. The van der Waals surface area contributed by atoms with E-state index < -0.39 is 5.82 Å². The summed E-state index contributed by atoms with van der Waals surface area (Å²) in [6, 6.07) is 7.45. The van der Waals surface area contributed by atoms with Crippen LogP contribution in [0.3, 0.4) is 0 Å². The third-order valence-corrected chi connectivity index (χ3v) is 3.43. The highest BCUT2D eigenvalue weighted by Crippen LogP contribution is 2.33. The summed E-state index contributed by atoms with van der Waals surface area (Å²) in [5, 5.41) is 10.0. The first-order valence-corrected chi connectivity index (χ1v) is 6.80. The standard InChI is InChI=1S/C14H10Cl3FO2/c15-10-4-9(6-19)14(12(17)5-10)20-7-8-1-2-11(16)13(18)3-8/h1-5,19H,6-7H2. The van der Waals surface area contributed by atoms with Crippen LogP contribution in [-0.4, -0.2) is 5.11 Å². The maximum absolute atomic E-state index is 13.3. The molecule has 0 amide bonds. The molecule has 2 nitrogen and oxygen atoms in total. The predicted molar refractivity (Wildman–Crippen MR) is 78.1 cm³/mol. The van der Waals surface area contributed by atoms with Gasteiger partial charge in [0.2, 0.25) is 0 Å². The largest absolute Gasteiger partial charge is 0.487 e. The van der Waals surface area contributed by atoms with Gasteiger partial charge in [0.15, 0.2) is 0 Å². The number of hydrogen-bond acceptors (Lipinski definition) is 2. The van der Waals surface area contributed by atoms with Gasteiger partial charge in [0.25, 0.3) is 0 Å². The normalized spacial score (nSPS) is 10.7. The highest BCUT2D eigenvalue weighted by atomic mass is 35.5. The summed E-state index contributed by atoms with van der Waals surface area (Å²) < 4.78 is 18.8. The van der Waals surface area contributed by atoms with Crippen molar-refractivity contribution < 1.29 is 14.2 Å². The Labute approximate surface area is 130 Å². The lowest BCUT2D eigenvalue weighted by Gasteiger charge is -2.12. The van der Waals surface area contributed by atoms with E-state index in [1.807, 2.05) is 0 Å². The lowest BCUT2D eigenvalue weighted by atomic mass is 10.2. The van der Waals surface area contributed by atoms with Crippen LogP contribution in [0.1, 0.15) is 11.1 Å². The van der Waals surface area contributed by atoms with Crippen LogP contribution in [0.5, 0.6) is 5.75 Å². The molecule has 2 aromatic rings. The maximum atomic E-state index is 13.3. The fourth-order valence-electron chi connectivity index (χ4n) is 1.68. The van der Waals surface area contributed by atoms with E-state index in [-0.39, 0.29) is 23.3 Å². The van der Waals surface area contributed by atoms with Gasteiger partial charge in [0.05, 0.1) is 16.7 Å². The lowest BCUT2D eigenvalue weighted by Crippen LogP contribution is -2.00. The van der Waals surface area contributed by atoms with Gasteiger partial charge in [-0.2, -0.15) is 0 Å². The second kappa shape index (κ2) is 6.64. The minimum absolute atomic E-state index is 0.0503.